The maximum absolute atomic E-state index is 12.5. The van der Waals surface area contributed by atoms with Gasteiger partial charge in [-0.3, -0.25) is 9.59 Å². The molecule has 0 aromatic carbocycles. The Morgan fingerprint density at radius 1 is 1.42 bits per heavy atom. The fourth-order valence-corrected chi connectivity index (χ4v) is 1.83. The maximum atomic E-state index is 12.5. The van der Waals surface area contributed by atoms with E-state index in [4.69, 9.17) is 5.73 Å². The molecule has 0 spiro atoms. The Morgan fingerprint density at radius 2 is 2.00 bits per heavy atom. The molecule has 0 aromatic rings. The van der Waals surface area contributed by atoms with Crippen LogP contribution in [0, 0.1) is 5.92 Å². The van der Waals surface area contributed by atoms with Crippen molar-refractivity contribution in [3.8, 4) is 0 Å². The molecule has 0 radical (unpaired) electrons. The summed E-state index contributed by atoms with van der Waals surface area (Å²) in [4.78, 5) is 23.5. The van der Waals surface area contributed by atoms with E-state index in [9.17, 15) is 22.8 Å². The average molecular weight is 281 g/mol. The van der Waals surface area contributed by atoms with Gasteiger partial charge < -0.3 is 16.0 Å². The molecule has 0 aliphatic heterocycles. The maximum Gasteiger partial charge on any atom is 0.406 e. The number of rotatable bonds is 6. The fourth-order valence-electron chi connectivity index (χ4n) is 1.83. The van der Waals surface area contributed by atoms with Crippen LogP contribution >= 0.6 is 0 Å². The smallest absolute Gasteiger partial charge is 0.346 e. The Bertz CT molecular complexity index is 343. The number of amides is 2. The third-order valence-electron chi connectivity index (χ3n) is 3.09. The van der Waals surface area contributed by atoms with Crippen molar-refractivity contribution in [3.63, 3.8) is 0 Å². The Hall–Kier alpha value is -1.31. The monoisotopic (exact) mass is 281 g/mol. The van der Waals surface area contributed by atoms with Gasteiger partial charge in [0, 0.05) is 6.04 Å². The first kappa shape index (κ1) is 15.7. The van der Waals surface area contributed by atoms with Crippen molar-refractivity contribution in [3.05, 3.63) is 0 Å². The Balaban J connectivity index is 2.61. The van der Waals surface area contributed by atoms with E-state index in [1.807, 2.05) is 0 Å². The zero-order valence-electron chi connectivity index (χ0n) is 10.7. The van der Waals surface area contributed by atoms with Crippen LogP contribution in [0.4, 0.5) is 13.2 Å². The van der Waals surface area contributed by atoms with Crippen molar-refractivity contribution in [1.29, 1.82) is 0 Å². The number of nitrogens with zero attached hydrogens (tertiary/aromatic N) is 1. The summed E-state index contributed by atoms with van der Waals surface area (Å²) in [5.74, 6) is -1.19. The molecule has 19 heavy (non-hydrogen) atoms. The number of carbonyl (C=O) groups is 2. The Morgan fingerprint density at radius 3 is 2.42 bits per heavy atom. The van der Waals surface area contributed by atoms with Crippen LogP contribution in [0.3, 0.4) is 0 Å². The number of halogens is 3. The SMILES string of the molecule is CC(C1CC1)N(CC(F)(F)F)C(=O)CNC(=O)CN. The summed E-state index contributed by atoms with van der Waals surface area (Å²) in [6.07, 6.45) is -2.79. The van der Waals surface area contributed by atoms with Gasteiger partial charge in [0.1, 0.15) is 6.54 Å². The van der Waals surface area contributed by atoms with Gasteiger partial charge in [0.05, 0.1) is 13.1 Å². The zero-order valence-corrected chi connectivity index (χ0v) is 10.7. The Kier molecular flexibility index (Phi) is 5.16. The van der Waals surface area contributed by atoms with E-state index in [2.05, 4.69) is 5.32 Å². The molecule has 1 aliphatic rings. The highest BCUT2D eigenvalue weighted by Crippen LogP contribution is 2.36. The molecule has 110 valence electrons. The zero-order chi connectivity index (χ0) is 14.6. The molecule has 1 aliphatic carbocycles. The third-order valence-corrected chi connectivity index (χ3v) is 3.09. The standard InChI is InChI=1S/C11H18F3N3O2/c1-7(8-2-3-8)17(6-11(12,13)14)10(19)5-16-9(18)4-15/h7-8H,2-6,15H2,1H3,(H,16,18). The molecule has 0 saturated heterocycles. The van der Waals surface area contributed by atoms with E-state index in [-0.39, 0.29) is 12.5 Å². The normalized spacial score (nSPS) is 16.9. The first-order chi connectivity index (χ1) is 8.74. The van der Waals surface area contributed by atoms with E-state index in [0.717, 1.165) is 17.7 Å². The number of hydrogen-bond donors (Lipinski definition) is 2. The highest BCUT2D eigenvalue weighted by atomic mass is 19.4. The first-order valence-electron chi connectivity index (χ1n) is 6.07. The summed E-state index contributed by atoms with van der Waals surface area (Å²) in [5, 5.41) is 2.19. The minimum Gasteiger partial charge on any atom is -0.346 e. The van der Waals surface area contributed by atoms with Gasteiger partial charge in [-0.15, -0.1) is 0 Å². The number of carbonyl (C=O) groups excluding carboxylic acids is 2. The second kappa shape index (κ2) is 6.23. The number of alkyl halides is 3. The molecule has 0 aromatic heterocycles. The van der Waals surface area contributed by atoms with Crippen molar-refractivity contribution in [2.24, 2.45) is 11.7 Å². The van der Waals surface area contributed by atoms with Crippen molar-refractivity contribution < 1.29 is 22.8 Å². The van der Waals surface area contributed by atoms with Gasteiger partial charge in [0.25, 0.3) is 0 Å². The number of hydrogen-bond acceptors (Lipinski definition) is 3. The molecule has 0 bridgehead atoms. The topological polar surface area (TPSA) is 75.4 Å². The van der Waals surface area contributed by atoms with Gasteiger partial charge >= 0.3 is 6.18 Å². The number of nitrogens with one attached hydrogen (secondary N) is 1. The van der Waals surface area contributed by atoms with Crippen LogP contribution in [0.15, 0.2) is 0 Å². The predicted molar refractivity (Wildman–Crippen MR) is 62.0 cm³/mol. The van der Waals surface area contributed by atoms with Crippen LogP contribution in [0.2, 0.25) is 0 Å². The largest absolute Gasteiger partial charge is 0.406 e. The molecular formula is C11H18F3N3O2. The van der Waals surface area contributed by atoms with Crippen molar-refractivity contribution >= 4 is 11.8 Å². The van der Waals surface area contributed by atoms with Gasteiger partial charge in [-0.2, -0.15) is 13.2 Å². The van der Waals surface area contributed by atoms with E-state index < -0.39 is 37.1 Å². The van der Waals surface area contributed by atoms with Gasteiger partial charge in [-0.05, 0) is 25.7 Å². The molecule has 0 heterocycles. The minimum absolute atomic E-state index is 0.122. The highest BCUT2D eigenvalue weighted by Gasteiger charge is 2.40. The van der Waals surface area contributed by atoms with Crippen LogP contribution in [0.5, 0.6) is 0 Å². The van der Waals surface area contributed by atoms with Gasteiger partial charge in [0.15, 0.2) is 0 Å². The molecular weight excluding hydrogens is 263 g/mol. The molecule has 2 amide bonds. The predicted octanol–water partition coefficient (Wildman–Crippen LogP) is 0.251. The first-order valence-corrected chi connectivity index (χ1v) is 6.07. The van der Waals surface area contributed by atoms with Gasteiger partial charge in [-0.1, -0.05) is 0 Å². The van der Waals surface area contributed by atoms with Crippen LogP contribution in [-0.2, 0) is 9.59 Å². The van der Waals surface area contributed by atoms with Crippen LogP contribution in [-0.4, -0.2) is 48.6 Å². The molecule has 1 atom stereocenters. The van der Waals surface area contributed by atoms with Crippen LogP contribution in [0.1, 0.15) is 19.8 Å². The number of nitrogens with two attached hydrogens (primary N) is 1. The fraction of sp³-hybridized carbons (Fsp3) is 0.818. The lowest BCUT2D eigenvalue weighted by Crippen LogP contribution is -2.49. The van der Waals surface area contributed by atoms with Crippen molar-refractivity contribution in [2.75, 3.05) is 19.6 Å². The van der Waals surface area contributed by atoms with Gasteiger partial charge in [-0.25, -0.2) is 0 Å². The molecule has 1 rings (SSSR count). The molecule has 5 nitrogen and oxygen atoms in total. The summed E-state index contributed by atoms with van der Waals surface area (Å²) in [7, 11) is 0. The molecule has 1 saturated carbocycles. The summed E-state index contributed by atoms with van der Waals surface area (Å²) < 4.78 is 37.4. The summed E-state index contributed by atoms with van der Waals surface area (Å²) in [6.45, 7) is -0.443. The quantitative estimate of drug-likeness (QED) is 0.733. The van der Waals surface area contributed by atoms with Crippen LogP contribution < -0.4 is 11.1 Å². The third kappa shape index (κ3) is 5.46. The van der Waals surface area contributed by atoms with E-state index in [1.54, 1.807) is 6.92 Å². The minimum atomic E-state index is -4.45. The second-order valence-corrected chi connectivity index (χ2v) is 4.70. The molecule has 1 unspecified atom stereocenters. The van der Waals surface area contributed by atoms with E-state index >= 15 is 0 Å². The average Bonchev–Trinajstić information content (AvgIpc) is 3.14. The molecule has 8 heteroatoms. The van der Waals surface area contributed by atoms with Crippen molar-refractivity contribution in [2.45, 2.75) is 32.0 Å². The molecule has 3 N–H and O–H groups in total. The van der Waals surface area contributed by atoms with Crippen molar-refractivity contribution in [1.82, 2.24) is 10.2 Å². The lowest BCUT2D eigenvalue weighted by molar-refractivity contribution is -0.165. The molecule has 1 fully saturated rings. The summed E-state index contributed by atoms with van der Waals surface area (Å²) in [6, 6.07) is -0.469. The Labute approximate surface area is 109 Å². The second-order valence-electron chi connectivity index (χ2n) is 4.70. The summed E-state index contributed by atoms with van der Waals surface area (Å²) in [5.41, 5.74) is 5.04. The highest BCUT2D eigenvalue weighted by molar-refractivity contribution is 5.85. The van der Waals surface area contributed by atoms with E-state index in [1.165, 1.54) is 0 Å². The summed E-state index contributed by atoms with van der Waals surface area (Å²) >= 11 is 0. The lowest BCUT2D eigenvalue weighted by Gasteiger charge is -2.30. The van der Waals surface area contributed by atoms with E-state index in [0.29, 0.717) is 0 Å². The van der Waals surface area contributed by atoms with Crippen LogP contribution in [0.25, 0.3) is 0 Å². The van der Waals surface area contributed by atoms with Gasteiger partial charge in [0.2, 0.25) is 11.8 Å². The lowest BCUT2D eigenvalue weighted by atomic mass is 10.1.